The Bertz CT molecular complexity index is 706. The van der Waals surface area contributed by atoms with Crippen molar-refractivity contribution >= 4 is 23.5 Å². The summed E-state index contributed by atoms with van der Waals surface area (Å²) in [7, 11) is 1.21. The van der Waals surface area contributed by atoms with Crippen LogP contribution in [0.2, 0.25) is 0 Å². The lowest BCUT2D eigenvalue weighted by Crippen LogP contribution is -2.55. The summed E-state index contributed by atoms with van der Waals surface area (Å²) in [5.41, 5.74) is 4.42. The van der Waals surface area contributed by atoms with Crippen molar-refractivity contribution in [2.75, 3.05) is 12.4 Å². The largest absolute Gasteiger partial charge is 0.481 e. The van der Waals surface area contributed by atoms with Crippen LogP contribution in [0.4, 0.5) is 5.69 Å². The van der Waals surface area contributed by atoms with Crippen LogP contribution >= 0.6 is 0 Å². The van der Waals surface area contributed by atoms with Gasteiger partial charge in [-0.25, -0.2) is 0 Å². The van der Waals surface area contributed by atoms with Crippen LogP contribution in [0.1, 0.15) is 13.3 Å². The van der Waals surface area contributed by atoms with Crippen LogP contribution in [0.5, 0.6) is 0 Å². The lowest BCUT2D eigenvalue weighted by atomic mass is 9.80. The Hall–Kier alpha value is -2.41. The van der Waals surface area contributed by atoms with E-state index < -0.39 is 40.6 Å². The maximum Gasteiger partial charge on any atom is 0.326 e. The number of nitrogens with one attached hydrogen (secondary N) is 1. The van der Waals surface area contributed by atoms with Gasteiger partial charge in [-0.3, -0.25) is 14.4 Å². The third-order valence-electron chi connectivity index (χ3n) is 5.72. The number of carboxylic acids is 1. The first-order valence-electron chi connectivity index (χ1n) is 7.73. The first-order chi connectivity index (χ1) is 11.3. The number of hydrogen-bond donors (Lipinski definition) is 3. The maximum absolute atomic E-state index is 12.6. The third-order valence-corrected chi connectivity index (χ3v) is 5.72. The van der Waals surface area contributed by atoms with Gasteiger partial charge < -0.3 is 20.9 Å². The molecule has 0 saturated heterocycles. The molecule has 2 aliphatic rings. The molecule has 7 nitrogen and oxygen atoms in total. The van der Waals surface area contributed by atoms with Crippen molar-refractivity contribution in [3.8, 4) is 0 Å². The Kier molecular flexibility index (Phi) is 3.64. The summed E-state index contributed by atoms with van der Waals surface area (Å²) in [6, 6.07) is 8.87. The summed E-state index contributed by atoms with van der Waals surface area (Å²) in [5.74, 6) is -4.00. The molecule has 4 N–H and O–H groups in total. The minimum Gasteiger partial charge on any atom is -0.481 e. The molecule has 0 aromatic heterocycles. The minimum atomic E-state index is -1.48. The maximum atomic E-state index is 12.6. The number of carbonyl (C=O) groups excluding carboxylic acids is 2. The molecule has 0 radical (unpaired) electrons. The molecule has 1 aromatic rings. The van der Waals surface area contributed by atoms with Gasteiger partial charge in [0.2, 0.25) is 5.91 Å². The van der Waals surface area contributed by atoms with E-state index in [1.807, 2.05) is 6.07 Å². The zero-order valence-electron chi connectivity index (χ0n) is 13.5. The Balaban J connectivity index is 1.89. The van der Waals surface area contributed by atoms with Crippen molar-refractivity contribution in [2.45, 2.75) is 18.9 Å². The van der Waals surface area contributed by atoms with E-state index in [2.05, 4.69) is 5.32 Å². The number of anilines is 1. The average molecular weight is 332 g/mol. The van der Waals surface area contributed by atoms with Crippen molar-refractivity contribution in [3.05, 3.63) is 30.3 Å². The molecule has 2 aliphatic carbocycles. The fourth-order valence-corrected chi connectivity index (χ4v) is 4.37. The van der Waals surface area contributed by atoms with Crippen LogP contribution < -0.4 is 11.1 Å². The van der Waals surface area contributed by atoms with E-state index in [1.54, 1.807) is 31.2 Å². The van der Waals surface area contributed by atoms with Gasteiger partial charge in [0.15, 0.2) is 0 Å². The molecule has 0 heterocycles. The van der Waals surface area contributed by atoms with Gasteiger partial charge in [-0.05, 0) is 24.5 Å². The average Bonchev–Trinajstić information content (AvgIpc) is 3.12. The van der Waals surface area contributed by atoms with Gasteiger partial charge in [0.1, 0.15) is 5.54 Å². The molecule has 5 atom stereocenters. The summed E-state index contributed by atoms with van der Waals surface area (Å²) in [6.45, 7) is 1.66. The molecule has 3 rings (SSSR count). The number of ether oxygens (including phenoxy) is 1. The molecule has 128 valence electrons. The topological polar surface area (TPSA) is 119 Å². The molecule has 24 heavy (non-hydrogen) atoms. The lowest BCUT2D eigenvalue weighted by molar-refractivity contribution is -0.151. The molecule has 2 fully saturated rings. The number of carbonyl (C=O) groups is 3. The molecule has 0 bridgehead atoms. The highest BCUT2D eigenvalue weighted by molar-refractivity contribution is 5.97. The summed E-state index contributed by atoms with van der Waals surface area (Å²) in [6.07, 6.45) is 0.0727. The highest BCUT2D eigenvalue weighted by Crippen LogP contribution is 2.73. The lowest BCUT2D eigenvalue weighted by Gasteiger charge is -2.31. The molecule has 0 spiro atoms. The zero-order valence-corrected chi connectivity index (χ0v) is 13.5. The van der Waals surface area contributed by atoms with Gasteiger partial charge in [-0.2, -0.15) is 0 Å². The SMILES string of the molecule is COC(=O)[C@@]1(N)C[C@H](C(=O)Nc2ccccc2)[C@H]2[C@@H](C(=O)O)[C@]21C. The number of esters is 1. The van der Waals surface area contributed by atoms with E-state index in [0.29, 0.717) is 5.69 Å². The monoisotopic (exact) mass is 332 g/mol. The van der Waals surface area contributed by atoms with Gasteiger partial charge in [0.05, 0.1) is 13.0 Å². The molecule has 7 heteroatoms. The third kappa shape index (κ3) is 2.04. The van der Waals surface area contributed by atoms with E-state index in [0.717, 1.165) is 0 Å². The van der Waals surface area contributed by atoms with Crippen LogP contribution in [0.3, 0.4) is 0 Å². The van der Waals surface area contributed by atoms with E-state index >= 15 is 0 Å². The number of aliphatic carboxylic acids is 1. The van der Waals surface area contributed by atoms with Crippen LogP contribution in [0.15, 0.2) is 30.3 Å². The van der Waals surface area contributed by atoms with E-state index in [1.165, 1.54) is 7.11 Å². The van der Waals surface area contributed by atoms with Gasteiger partial charge in [-0.1, -0.05) is 25.1 Å². The van der Waals surface area contributed by atoms with Crippen molar-refractivity contribution in [1.82, 2.24) is 0 Å². The number of amides is 1. The van der Waals surface area contributed by atoms with Crippen molar-refractivity contribution < 1.29 is 24.2 Å². The van der Waals surface area contributed by atoms with Crippen molar-refractivity contribution in [1.29, 1.82) is 0 Å². The predicted molar refractivity (Wildman–Crippen MR) is 84.8 cm³/mol. The molecule has 1 amide bonds. The first kappa shape index (κ1) is 16.4. The fraction of sp³-hybridized carbons (Fsp3) is 0.471. The second-order valence-electron chi connectivity index (χ2n) is 6.75. The van der Waals surface area contributed by atoms with Gasteiger partial charge in [0, 0.05) is 17.0 Å². The van der Waals surface area contributed by atoms with E-state index in [9.17, 15) is 19.5 Å². The van der Waals surface area contributed by atoms with Crippen LogP contribution in [0, 0.1) is 23.2 Å². The number of carboxylic acid groups (broad SMARTS) is 1. The quantitative estimate of drug-likeness (QED) is 0.704. The molecule has 2 saturated carbocycles. The first-order valence-corrected chi connectivity index (χ1v) is 7.73. The number of fused-ring (bicyclic) bond motifs is 1. The number of methoxy groups -OCH3 is 1. The number of para-hydroxylation sites is 1. The number of rotatable bonds is 4. The smallest absolute Gasteiger partial charge is 0.326 e. The second-order valence-corrected chi connectivity index (χ2v) is 6.75. The van der Waals surface area contributed by atoms with Gasteiger partial charge >= 0.3 is 11.9 Å². The molecular weight excluding hydrogens is 312 g/mol. The number of nitrogens with two attached hydrogens (primary N) is 1. The summed E-state index contributed by atoms with van der Waals surface area (Å²) >= 11 is 0. The summed E-state index contributed by atoms with van der Waals surface area (Å²) < 4.78 is 4.79. The van der Waals surface area contributed by atoms with Crippen LogP contribution in [0.25, 0.3) is 0 Å². The summed E-state index contributed by atoms with van der Waals surface area (Å²) in [5, 5.41) is 12.2. The van der Waals surface area contributed by atoms with E-state index in [4.69, 9.17) is 10.5 Å². The number of hydrogen-bond acceptors (Lipinski definition) is 5. The highest BCUT2D eigenvalue weighted by Gasteiger charge is 2.83. The molecular formula is C17H20N2O5. The molecule has 0 aliphatic heterocycles. The molecule has 0 unspecified atom stereocenters. The standard InChI is InChI=1S/C17H20N2O5/c1-16-11(12(16)14(21)22)10(8-17(16,18)15(23)24-2)13(20)19-9-6-4-3-5-7-9/h3-7,10-12H,8,18H2,1-2H3,(H,19,20)(H,21,22)/t10-,11-,12-,16-,17-/m0/s1. The minimum absolute atomic E-state index is 0.0727. The molecule has 1 aromatic carbocycles. The Morgan fingerprint density at radius 2 is 1.92 bits per heavy atom. The van der Waals surface area contributed by atoms with E-state index in [-0.39, 0.29) is 12.3 Å². The predicted octanol–water partition coefficient (Wildman–Crippen LogP) is 0.852. The van der Waals surface area contributed by atoms with Crippen LogP contribution in [-0.4, -0.2) is 35.6 Å². The zero-order chi connectivity index (χ0) is 17.7. The number of benzene rings is 1. The van der Waals surface area contributed by atoms with Gasteiger partial charge in [-0.15, -0.1) is 0 Å². The van der Waals surface area contributed by atoms with Crippen LogP contribution in [-0.2, 0) is 19.1 Å². The Morgan fingerprint density at radius 3 is 2.46 bits per heavy atom. The van der Waals surface area contributed by atoms with Crippen molar-refractivity contribution in [3.63, 3.8) is 0 Å². The Morgan fingerprint density at radius 1 is 1.29 bits per heavy atom. The highest BCUT2D eigenvalue weighted by atomic mass is 16.5. The van der Waals surface area contributed by atoms with Gasteiger partial charge in [0.25, 0.3) is 0 Å². The summed E-state index contributed by atoms with van der Waals surface area (Å²) in [4.78, 5) is 36.4. The second kappa shape index (κ2) is 5.31. The fourth-order valence-electron chi connectivity index (χ4n) is 4.37. The van der Waals surface area contributed by atoms with Crippen molar-refractivity contribution in [2.24, 2.45) is 28.9 Å². The normalized spacial score (nSPS) is 36.5. The Labute approximate surface area is 139 Å².